The van der Waals surface area contributed by atoms with Crippen LogP contribution in [0.5, 0.6) is 0 Å². The van der Waals surface area contributed by atoms with E-state index in [0.29, 0.717) is 19.0 Å². The first kappa shape index (κ1) is 18.2. The van der Waals surface area contributed by atoms with Crippen molar-refractivity contribution in [2.24, 2.45) is 17.6 Å². The first-order valence-electron chi connectivity index (χ1n) is 7.42. The van der Waals surface area contributed by atoms with E-state index in [9.17, 15) is 9.59 Å². The number of amides is 2. The number of rotatable bonds is 6. The summed E-state index contributed by atoms with van der Waals surface area (Å²) < 4.78 is 4.91. The van der Waals surface area contributed by atoms with Gasteiger partial charge in [0.15, 0.2) is 0 Å². The Morgan fingerprint density at radius 2 is 2.10 bits per heavy atom. The fourth-order valence-corrected chi connectivity index (χ4v) is 2.59. The fourth-order valence-electron chi connectivity index (χ4n) is 2.59. The van der Waals surface area contributed by atoms with Crippen LogP contribution in [0.1, 0.15) is 25.7 Å². The Hall–Kier alpha value is -0.850. The molecule has 2 fully saturated rings. The molecule has 2 rings (SSSR count). The Morgan fingerprint density at radius 1 is 1.38 bits per heavy atom. The third-order valence-electron chi connectivity index (χ3n) is 4.03. The highest BCUT2D eigenvalue weighted by molar-refractivity contribution is 5.85. The molecule has 0 bridgehead atoms. The van der Waals surface area contributed by atoms with Crippen molar-refractivity contribution in [3.05, 3.63) is 0 Å². The maximum absolute atomic E-state index is 12.1. The molecule has 2 unspecified atom stereocenters. The summed E-state index contributed by atoms with van der Waals surface area (Å²) >= 11 is 0. The first-order valence-corrected chi connectivity index (χ1v) is 7.42. The number of nitrogens with one attached hydrogen (secondary N) is 1. The lowest BCUT2D eigenvalue weighted by Gasteiger charge is -2.33. The number of nitrogens with zero attached hydrogens (tertiary/aromatic N) is 1. The van der Waals surface area contributed by atoms with E-state index < -0.39 is 6.04 Å². The number of methoxy groups -OCH3 is 1. The Kier molecular flexibility index (Phi) is 7.42. The van der Waals surface area contributed by atoms with Crippen LogP contribution in [0.25, 0.3) is 0 Å². The molecule has 3 N–H and O–H groups in total. The van der Waals surface area contributed by atoms with Gasteiger partial charge in [-0.3, -0.25) is 9.59 Å². The lowest BCUT2D eigenvalue weighted by molar-refractivity contribution is -0.137. The monoisotopic (exact) mass is 319 g/mol. The van der Waals surface area contributed by atoms with Gasteiger partial charge < -0.3 is 20.7 Å². The standard InChI is InChI=1S/C14H25N3O3.ClH/c1-20-9-12(15)14(19)17-6-2-3-11(8-17)13(18)16-7-10-4-5-10;/h10-12H,2-9,15H2,1H3,(H,16,18);1H. The molecule has 0 aromatic rings. The fraction of sp³-hybridized carbons (Fsp3) is 0.857. The number of nitrogens with two attached hydrogens (primary N) is 1. The molecule has 2 aliphatic rings. The quantitative estimate of drug-likeness (QED) is 0.729. The van der Waals surface area contributed by atoms with Crippen molar-refractivity contribution in [2.75, 3.05) is 33.4 Å². The van der Waals surface area contributed by atoms with E-state index in [4.69, 9.17) is 10.5 Å². The predicted octanol–water partition coefficient (Wildman–Crippen LogP) is 0.147. The summed E-state index contributed by atoms with van der Waals surface area (Å²) in [6, 6.07) is -0.631. The van der Waals surface area contributed by atoms with Gasteiger partial charge in [-0.2, -0.15) is 0 Å². The van der Waals surface area contributed by atoms with Crippen LogP contribution in [0, 0.1) is 11.8 Å². The van der Waals surface area contributed by atoms with Crippen molar-refractivity contribution in [3.63, 3.8) is 0 Å². The number of hydrogen-bond donors (Lipinski definition) is 2. The smallest absolute Gasteiger partial charge is 0.241 e. The molecular formula is C14H26ClN3O3. The van der Waals surface area contributed by atoms with Gasteiger partial charge in [0.2, 0.25) is 11.8 Å². The van der Waals surface area contributed by atoms with Gasteiger partial charge in [0.05, 0.1) is 12.5 Å². The van der Waals surface area contributed by atoms with Gasteiger partial charge in [0.25, 0.3) is 0 Å². The van der Waals surface area contributed by atoms with E-state index in [1.807, 2.05) is 0 Å². The van der Waals surface area contributed by atoms with E-state index in [1.54, 1.807) is 4.90 Å². The number of ether oxygens (including phenoxy) is 1. The van der Waals surface area contributed by atoms with E-state index in [2.05, 4.69) is 5.32 Å². The van der Waals surface area contributed by atoms with Gasteiger partial charge >= 0.3 is 0 Å². The number of carbonyl (C=O) groups is 2. The van der Waals surface area contributed by atoms with E-state index >= 15 is 0 Å². The zero-order valence-corrected chi connectivity index (χ0v) is 13.4. The number of carbonyl (C=O) groups excluding carboxylic acids is 2. The van der Waals surface area contributed by atoms with Gasteiger partial charge in [-0.1, -0.05) is 0 Å². The van der Waals surface area contributed by atoms with Crippen LogP contribution < -0.4 is 11.1 Å². The summed E-state index contributed by atoms with van der Waals surface area (Å²) in [5, 5.41) is 3.00. The Balaban J connectivity index is 0.00000220. The molecule has 7 heteroatoms. The molecule has 0 aromatic heterocycles. The molecule has 6 nitrogen and oxygen atoms in total. The van der Waals surface area contributed by atoms with Crippen molar-refractivity contribution in [1.82, 2.24) is 10.2 Å². The van der Waals surface area contributed by atoms with Crippen LogP contribution in [0.15, 0.2) is 0 Å². The second kappa shape index (κ2) is 8.56. The van der Waals surface area contributed by atoms with Crippen molar-refractivity contribution in [1.29, 1.82) is 0 Å². The Labute approximate surface area is 132 Å². The van der Waals surface area contributed by atoms with Crippen LogP contribution in [-0.4, -0.2) is 56.1 Å². The summed E-state index contributed by atoms with van der Waals surface area (Å²) in [7, 11) is 1.53. The summed E-state index contributed by atoms with van der Waals surface area (Å²) in [4.78, 5) is 25.9. The molecule has 0 spiro atoms. The van der Waals surface area contributed by atoms with Crippen LogP contribution >= 0.6 is 12.4 Å². The normalized spacial score (nSPS) is 23.1. The second-order valence-electron chi connectivity index (χ2n) is 5.87. The van der Waals surface area contributed by atoms with E-state index in [1.165, 1.54) is 20.0 Å². The largest absolute Gasteiger partial charge is 0.383 e. The first-order chi connectivity index (χ1) is 9.61. The van der Waals surface area contributed by atoms with Gasteiger partial charge in [-0.05, 0) is 31.6 Å². The maximum Gasteiger partial charge on any atom is 0.241 e. The number of halogens is 1. The summed E-state index contributed by atoms with van der Waals surface area (Å²) in [6.07, 6.45) is 4.15. The average molecular weight is 320 g/mol. The lowest BCUT2D eigenvalue weighted by atomic mass is 9.96. The molecule has 1 saturated heterocycles. The zero-order chi connectivity index (χ0) is 14.5. The van der Waals surface area contributed by atoms with Crippen LogP contribution in [0.4, 0.5) is 0 Å². The number of hydrogen-bond acceptors (Lipinski definition) is 4. The molecule has 1 aliphatic heterocycles. The van der Waals surface area contributed by atoms with Gasteiger partial charge in [-0.15, -0.1) is 12.4 Å². The summed E-state index contributed by atoms with van der Waals surface area (Å²) in [5.41, 5.74) is 5.77. The molecule has 1 saturated carbocycles. The SMILES string of the molecule is COCC(N)C(=O)N1CCCC(C(=O)NCC2CC2)C1.Cl. The third kappa shape index (κ3) is 5.45. The minimum absolute atomic E-state index is 0. The van der Waals surface area contributed by atoms with Crippen molar-refractivity contribution >= 4 is 24.2 Å². The molecule has 0 aromatic carbocycles. The van der Waals surface area contributed by atoms with Gasteiger partial charge in [0.1, 0.15) is 6.04 Å². The topological polar surface area (TPSA) is 84.7 Å². The number of likely N-dealkylation sites (tertiary alicyclic amines) is 1. The third-order valence-corrected chi connectivity index (χ3v) is 4.03. The zero-order valence-electron chi connectivity index (χ0n) is 12.5. The highest BCUT2D eigenvalue weighted by atomic mass is 35.5. The van der Waals surface area contributed by atoms with Crippen molar-refractivity contribution < 1.29 is 14.3 Å². The molecule has 1 heterocycles. The minimum Gasteiger partial charge on any atom is -0.383 e. The second-order valence-corrected chi connectivity index (χ2v) is 5.87. The predicted molar refractivity (Wildman–Crippen MR) is 82.1 cm³/mol. The highest BCUT2D eigenvalue weighted by Crippen LogP contribution is 2.28. The van der Waals surface area contributed by atoms with Gasteiger partial charge in [0, 0.05) is 26.7 Å². The lowest BCUT2D eigenvalue weighted by Crippen LogP contribution is -2.51. The summed E-state index contributed by atoms with van der Waals surface area (Å²) in [5.74, 6) is 0.540. The molecule has 2 amide bonds. The molecule has 2 atom stereocenters. The highest BCUT2D eigenvalue weighted by Gasteiger charge is 2.31. The number of piperidine rings is 1. The van der Waals surface area contributed by atoms with Crippen LogP contribution in [0.2, 0.25) is 0 Å². The minimum atomic E-state index is -0.631. The maximum atomic E-state index is 12.1. The molecule has 1 aliphatic carbocycles. The van der Waals surface area contributed by atoms with E-state index in [0.717, 1.165) is 19.4 Å². The molecular weight excluding hydrogens is 294 g/mol. The summed E-state index contributed by atoms with van der Waals surface area (Å²) in [6.45, 7) is 2.16. The Bertz CT molecular complexity index is 363. The average Bonchev–Trinajstić information content (AvgIpc) is 3.28. The van der Waals surface area contributed by atoms with Crippen LogP contribution in [-0.2, 0) is 14.3 Å². The molecule has 0 radical (unpaired) electrons. The van der Waals surface area contributed by atoms with Crippen molar-refractivity contribution in [2.45, 2.75) is 31.7 Å². The van der Waals surface area contributed by atoms with Crippen molar-refractivity contribution in [3.8, 4) is 0 Å². The van der Waals surface area contributed by atoms with Gasteiger partial charge in [-0.25, -0.2) is 0 Å². The molecule has 122 valence electrons. The van der Waals surface area contributed by atoms with E-state index in [-0.39, 0.29) is 36.7 Å². The molecule has 21 heavy (non-hydrogen) atoms. The van der Waals surface area contributed by atoms with Crippen LogP contribution in [0.3, 0.4) is 0 Å². The Morgan fingerprint density at radius 3 is 2.71 bits per heavy atom.